The number of anilines is 2. The summed E-state index contributed by atoms with van der Waals surface area (Å²) >= 11 is 0. The normalized spacial score (nSPS) is 13.3. The fourth-order valence-corrected chi connectivity index (χ4v) is 2.80. The van der Waals surface area contributed by atoms with E-state index in [1.807, 2.05) is 18.7 Å². The summed E-state index contributed by atoms with van der Waals surface area (Å²) in [4.78, 5) is 32.3. The standard InChI is InChI=1S/C13H22FN6O4P/c1-3-19(4-2)11-10-12(18-13(15)17-11)20(7-16-10)6-9(5-14)24-8-25(21,22)23/h7,9H,3-6,8H2,1-2H3,(H2,15,17,18)(H2,21,22,23)/t9-/m1/s1. The van der Waals surface area contributed by atoms with E-state index in [0.717, 1.165) is 0 Å². The van der Waals surface area contributed by atoms with Crippen molar-refractivity contribution in [1.82, 2.24) is 19.5 Å². The highest BCUT2D eigenvalue weighted by molar-refractivity contribution is 7.51. The van der Waals surface area contributed by atoms with Crippen molar-refractivity contribution in [2.75, 3.05) is 36.7 Å². The fraction of sp³-hybridized carbons (Fsp3) is 0.615. The monoisotopic (exact) mass is 376 g/mol. The van der Waals surface area contributed by atoms with Gasteiger partial charge in [-0.15, -0.1) is 0 Å². The van der Waals surface area contributed by atoms with Crippen LogP contribution in [0.15, 0.2) is 6.33 Å². The average molecular weight is 376 g/mol. The molecule has 140 valence electrons. The quantitative estimate of drug-likeness (QED) is 0.541. The van der Waals surface area contributed by atoms with Gasteiger partial charge in [0.2, 0.25) is 5.95 Å². The SMILES string of the molecule is CCN(CC)c1nc(N)nc2c1ncn2C[C@@H](CF)OCP(=O)(O)O. The van der Waals surface area contributed by atoms with Crippen LogP contribution < -0.4 is 10.6 Å². The van der Waals surface area contributed by atoms with Crippen LogP contribution in [0.25, 0.3) is 11.2 Å². The summed E-state index contributed by atoms with van der Waals surface area (Å²) in [7, 11) is -4.37. The molecule has 0 aliphatic heterocycles. The predicted octanol–water partition coefficient (Wildman–Crippen LogP) is 0.745. The summed E-state index contributed by atoms with van der Waals surface area (Å²) in [6.07, 6.45) is -0.441. The van der Waals surface area contributed by atoms with Gasteiger partial charge in [0.05, 0.1) is 12.9 Å². The molecule has 1 atom stereocenters. The van der Waals surface area contributed by atoms with Gasteiger partial charge in [0.25, 0.3) is 0 Å². The van der Waals surface area contributed by atoms with Gasteiger partial charge in [-0.05, 0) is 13.8 Å². The molecule has 0 saturated carbocycles. The van der Waals surface area contributed by atoms with Gasteiger partial charge in [0, 0.05) is 13.1 Å². The number of rotatable bonds is 9. The van der Waals surface area contributed by atoms with Crippen LogP contribution in [-0.2, 0) is 15.8 Å². The lowest BCUT2D eigenvalue weighted by Gasteiger charge is -2.20. The maximum atomic E-state index is 13.1. The first-order chi connectivity index (χ1) is 11.8. The summed E-state index contributed by atoms with van der Waals surface area (Å²) in [6, 6.07) is 0. The minimum Gasteiger partial charge on any atom is -0.368 e. The van der Waals surface area contributed by atoms with Gasteiger partial charge in [-0.2, -0.15) is 9.97 Å². The van der Waals surface area contributed by atoms with E-state index in [1.165, 1.54) is 10.9 Å². The van der Waals surface area contributed by atoms with Crippen molar-refractivity contribution < 1.29 is 23.5 Å². The molecule has 0 spiro atoms. The predicted molar refractivity (Wildman–Crippen MR) is 91.1 cm³/mol. The third kappa shape index (κ3) is 4.85. The van der Waals surface area contributed by atoms with E-state index < -0.39 is 26.7 Å². The second-order valence-corrected chi connectivity index (χ2v) is 6.97. The molecule has 2 rings (SSSR count). The topological polar surface area (TPSA) is 140 Å². The Morgan fingerprint density at radius 1 is 1.40 bits per heavy atom. The lowest BCUT2D eigenvalue weighted by Crippen LogP contribution is -2.24. The van der Waals surface area contributed by atoms with E-state index in [0.29, 0.717) is 30.1 Å². The van der Waals surface area contributed by atoms with Gasteiger partial charge in [0.1, 0.15) is 19.1 Å². The average Bonchev–Trinajstić information content (AvgIpc) is 2.94. The molecule has 0 unspecified atom stereocenters. The Morgan fingerprint density at radius 3 is 2.64 bits per heavy atom. The summed E-state index contributed by atoms with van der Waals surface area (Å²) in [5.74, 6) is 0.642. The third-order valence-corrected chi connectivity index (χ3v) is 4.06. The minimum absolute atomic E-state index is 0.0128. The molecule has 0 fully saturated rings. The summed E-state index contributed by atoms with van der Waals surface area (Å²) in [5, 5.41) is 0. The molecular formula is C13H22FN6O4P. The van der Waals surface area contributed by atoms with Crippen LogP contribution in [0.2, 0.25) is 0 Å². The molecule has 0 aromatic carbocycles. The molecule has 2 heterocycles. The van der Waals surface area contributed by atoms with Crippen LogP contribution in [0.3, 0.4) is 0 Å². The Kier molecular flexibility index (Phi) is 6.28. The molecule has 0 aliphatic rings. The van der Waals surface area contributed by atoms with Gasteiger partial charge in [-0.1, -0.05) is 0 Å². The Labute approximate surface area is 144 Å². The van der Waals surface area contributed by atoms with Gasteiger partial charge in [0.15, 0.2) is 17.0 Å². The van der Waals surface area contributed by atoms with Crippen molar-refractivity contribution in [3.8, 4) is 0 Å². The number of nitrogen functional groups attached to an aromatic ring is 1. The molecule has 2 aromatic rings. The van der Waals surface area contributed by atoms with E-state index in [4.69, 9.17) is 20.3 Å². The van der Waals surface area contributed by atoms with Crippen LogP contribution in [0.5, 0.6) is 0 Å². The number of nitrogens with two attached hydrogens (primary N) is 1. The number of imidazole rings is 1. The second kappa shape index (κ2) is 8.05. The lowest BCUT2D eigenvalue weighted by atomic mass is 10.3. The van der Waals surface area contributed by atoms with Gasteiger partial charge in [-0.3, -0.25) is 4.57 Å². The zero-order valence-corrected chi connectivity index (χ0v) is 14.9. The van der Waals surface area contributed by atoms with Gasteiger partial charge < -0.3 is 29.7 Å². The largest absolute Gasteiger partial charge is 0.368 e. The number of ether oxygens (including phenoxy) is 1. The van der Waals surface area contributed by atoms with Crippen LogP contribution >= 0.6 is 7.60 Å². The highest BCUT2D eigenvalue weighted by Gasteiger charge is 2.21. The van der Waals surface area contributed by atoms with Crippen molar-refractivity contribution in [3.05, 3.63) is 6.33 Å². The van der Waals surface area contributed by atoms with Crippen LogP contribution in [0, 0.1) is 0 Å². The highest BCUT2D eigenvalue weighted by atomic mass is 31.2. The van der Waals surface area contributed by atoms with E-state index >= 15 is 0 Å². The number of nitrogens with zero attached hydrogens (tertiary/aromatic N) is 5. The molecule has 0 radical (unpaired) electrons. The van der Waals surface area contributed by atoms with Crippen LogP contribution in [-0.4, -0.2) is 61.5 Å². The van der Waals surface area contributed by atoms with E-state index in [1.54, 1.807) is 0 Å². The molecule has 12 heteroatoms. The molecule has 0 aliphatic carbocycles. The third-order valence-electron chi connectivity index (χ3n) is 3.58. The summed E-state index contributed by atoms with van der Waals surface area (Å²) < 4.78 is 30.5. The fourth-order valence-electron chi connectivity index (χ4n) is 2.39. The van der Waals surface area contributed by atoms with Crippen LogP contribution in [0.1, 0.15) is 13.8 Å². The Morgan fingerprint density at radius 2 is 2.08 bits per heavy atom. The molecule has 0 amide bonds. The van der Waals surface area contributed by atoms with Crippen molar-refractivity contribution in [3.63, 3.8) is 0 Å². The molecule has 4 N–H and O–H groups in total. The number of alkyl halides is 1. The Bertz CT molecular complexity index is 762. The maximum Gasteiger partial charge on any atom is 0.350 e. The molecule has 2 aromatic heterocycles. The first kappa shape index (κ1) is 19.5. The highest BCUT2D eigenvalue weighted by Crippen LogP contribution is 2.34. The number of halogens is 1. The Hall–Kier alpha value is -1.81. The van der Waals surface area contributed by atoms with Crippen LogP contribution in [0.4, 0.5) is 16.2 Å². The van der Waals surface area contributed by atoms with Gasteiger partial charge >= 0.3 is 7.60 Å². The van der Waals surface area contributed by atoms with E-state index in [-0.39, 0.29) is 12.5 Å². The molecule has 0 bridgehead atoms. The number of aromatic nitrogens is 4. The summed E-state index contributed by atoms with van der Waals surface area (Å²) in [5.41, 5.74) is 6.71. The zero-order chi connectivity index (χ0) is 18.6. The van der Waals surface area contributed by atoms with E-state index in [2.05, 4.69) is 15.0 Å². The first-order valence-corrected chi connectivity index (χ1v) is 9.54. The Balaban J connectivity index is 2.31. The van der Waals surface area contributed by atoms with Gasteiger partial charge in [-0.25, -0.2) is 9.37 Å². The number of hydrogen-bond donors (Lipinski definition) is 3. The second-order valence-electron chi connectivity index (χ2n) is 5.38. The molecule has 0 saturated heterocycles. The number of fused-ring (bicyclic) bond motifs is 1. The van der Waals surface area contributed by atoms with E-state index in [9.17, 15) is 8.96 Å². The molecule has 25 heavy (non-hydrogen) atoms. The van der Waals surface area contributed by atoms with Crippen molar-refractivity contribution in [2.24, 2.45) is 0 Å². The van der Waals surface area contributed by atoms with Crippen molar-refractivity contribution in [1.29, 1.82) is 0 Å². The van der Waals surface area contributed by atoms with Crippen molar-refractivity contribution in [2.45, 2.75) is 26.5 Å². The molecular weight excluding hydrogens is 354 g/mol. The maximum absolute atomic E-state index is 13.1. The minimum atomic E-state index is -4.37. The first-order valence-electron chi connectivity index (χ1n) is 7.74. The summed E-state index contributed by atoms with van der Waals surface area (Å²) in [6.45, 7) is 4.42. The molecule has 10 nitrogen and oxygen atoms in total. The number of hydrogen-bond acceptors (Lipinski definition) is 7. The smallest absolute Gasteiger partial charge is 0.350 e. The lowest BCUT2D eigenvalue weighted by molar-refractivity contribution is 0.0445. The zero-order valence-electron chi connectivity index (χ0n) is 14.0. The van der Waals surface area contributed by atoms with Crippen molar-refractivity contribution >= 4 is 30.5 Å².